The van der Waals surface area contributed by atoms with Crippen molar-refractivity contribution < 1.29 is 4.21 Å². The molecule has 2 heterocycles. The zero-order valence-corrected chi connectivity index (χ0v) is 12.8. The molecule has 1 aromatic carbocycles. The summed E-state index contributed by atoms with van der Waals surface area (Å²) in [6, 6.07) is 11.4. The lowest BCUT2D eigenvalue weighted by Gasteiger charge is -2.01. The second-order valence-electron chi connectivity index (χ2n) is 4.65. The van der Waals surface area contributed by atoms with E-state index in [1.165, 1.54) is 11.3 Å². The van der Waals surface area contributed by atoms with Crippen LogP contribution in [-0.4, -0.2) is 9.19 Å². The SMILES string of the molecule is Cc1cc(C)c2c(N)c([S@@](=O)c3ccccc3)sc2n1. The number of thiophene rings is 1. The van der Waals surface area contributed by atoms with Crippen LogP contribution in [0.5, 0.6) is 0 Å². The molecule has 3 aromatic rings. The van der Waals surface area contributed by atoms with Crippen LogP contribution in [0.4, 0.5) is 5.69 Å². The third-order valence-electron chi connectivity index (χ3n) is 3.12. The summed E-state index contributed by atoms with van der Waals surface area (Å²) in [4.78, 5) is 6.12. The number of anilines is 1. The maximum Gasteiger partial charge on any atom is 0.127 e. The fourth-order valence-corrected chi connectivity index (χ4v) is 4.94. The summed E-state index contributed by atoms with van der Waals surface area (Å²) in [5.41, 5.74) is 8.83. The summed E-state index contributed by atoms with van der Waals surface area (Å²) in [7, 11) is -1.25. The molecule has 0 bridgehead atoms. The summed E-state index contributed by atoms with van der Waals surface area (Å²) in [6.07, 6.45) is 0. The molecule has 5 heteroatoms. The highest BCUT2D eigenvalue weighted by molar-refractivity contribution is 7.87. The van der Waals surface area contributed by atoms with E-state index < -0.39 is 10.8 Å². The Balaban J connectivity index is 2.21. The number of benzene rings is 1. The van der Waals surface area contributed by atoms with Gasteiger partial charge >= 0.3 is 0 Å². The Morgan fingerprint density at radius 1 is 1.20 bits per heavy atom. The lowest BCUT2D eigenvalue weighted by molar-refractivity contribution is 0.684. The maximum atomic E-state index is 12.6. The second-order valence-corrected chi connectivity index (χ2v) is 7.32. The van der Waals surface area contributed by atoms with Crippen molar-refractivity contribution in [2.75, 3.05) is 5.73 Å². The van der Waals surface area contributed by atoms with Crippen LogP contribution in [0.15, 0.2) is 45.5 Å². The van der Waals surface area contributed by atoms with Crippen molar-refractivity contribution in [3.05, 3.63) is 47.7 Å². The van der Waals surface area contributed by atoms with Gasteiger partial charge in [-0.2, -0.15) is 0 Å². The quantitative estimate of drug-likeness (QED) is 0.786. The highest BCUT2D eigenvalue weighted by Gasteiger charge is 2.18. The van der Waals surface area contributed by atoms with Gasteiger partial charge in [0, 0.05) is 16.0 Å². The van der Waals surface area contributed by atoms with Gasteiger partial charge in [0.05, 0.1) is 16.5 Å². The normalized spacial score (nSPS) is 12.7. The zero-order chi connectivity index (χ0) is 14.3. The molecule has 0 radical (unpaired) electrons. The van der Waals surface area contributed by atoms with Crippen LogP contribution >= 0.6 is 11.3 Å². The van der Waals surface area contributed by atoms with Crippen LogP contribution < -0.4 is 5.73 Å². The molecule has 20 heavy (non-hydrogen) atoms. The predicted molar refractivity (Wildman–Crippen MR) is 84.6 cm³/mol. The fraction of sp³-hybridized carbons (Fsp3) is 0.133. The largest absolute Gasteiger partial charge is 0.396 e. The Morgan fingerprint density at radius 2 is 1.90 bits per heavy atom. The van der Waals surface area contributed by atoms with Gasteiger partial charge in [-0.1, -0.05) is 18.2 Å². The summed E-state index contributed by atoms with van der Waals surface area (Å²) >= 11 is 1.42. The first-order chi connectivity index (χ1) is 9.58. The van der Waals surface area contributed by atoms with Gasteiger partial charge in [0.25, 0.3) is 0 Å². The minimum absolute atomic E-state index is 0.595. The van der Waals surface area contributed by atoms with E-state index >= 15 is 0 Å². The van der Waals surface area contributed by atoms with Gasteiger partial charge in [-0.15, -0.1) is 11.3 Å². The van der Waals surface area contributed by atoms with Crippen molar-refractivity contribution in [3.63, 3.8) is 0 Å². The fourth-order valence-electron chi connectivity index (χ4n) is 2.24. The third-order valence-corrected chi connectivity index (χ3v) is 5.97. The molecule has 0 aliphatic heterocycles. The van der Waals surface area contributed by atoms with Crippen LogP contribution in [-0.2, 0) is 10.8 Å². The van der Waals surface area contributed by atoms with Crippen molar-refractivity contribution in [1.82, 2.24) is 4.98 Å². The molecule has 2 N–H and O–H groups in total. The van der Waals surface area contributed by atoms with Gasteiger partial charge < -0.3 is 5.73 Å². The van der Waals surface area contributed by atoms with E-state index in [9.17, 15) is 4.21 Å². The lowest BCUT2D eigenvalue weighted by Crippen LogP contribution is -1.95. The molecule has 2 aromatic heterocycles. The van der Waals surface area contributed by atoms with E-state index in [0.717, 1.165) is 26.4 Å². The van der Waals surface area contributed by atoms with Gasteiger partial charge in [0.15, 0.2) is 0 Å². The number of hydrogen-bond acceptors (Lipinski definition) is 4. The van der Waals surface area contributed by atoms with E-state index in [2.05, 4.69) is 4.98 Å². The van der Waals surface area contributed by atoms with Crippen molar-refractivity contribution in [3.8, 4) is 0 Å². The van der Waals surface area contributed by atoms with Crippen molar-refractivity contribution >= 4 is 38.0 Å². The number of rotatable bonds is 2. The second kappa shape index (κ2) is 5.00. The average Bonchev–Trinajstić information content (AvgIpc) is 2.76. The maximum absolute atomic E-state index is 12.6. The zero-order valence-electron chi connectivity index (χ0n) is 11.2. The van der Waals surface area contributed by atoms with Gasteiger partial charge in [0.2, 0.25) is 0 Å². The minimum Gasteiger partial charge on any atom is -0.396 e. The number of nitrogen functional groups attached to an aromatic ring is 1. The molecule has 3 rings (SSSR count). The first kappa shape index (κ1) is 13.3. The number of nitrogens with two attached hydrogens (primary N) is 1. The summed E-state index contributed by atoms with van der Waals surface area (Å²) in [5.74, 6) is 0. The number of fused-ring (bicyclic) bond motifs is 1. The Kier molecular flexibility index (Phi) is 3.31. The van der Waals surface area contributed by atoms with Crippen molar-refractivity contribution in [2.24, 2.45) is 0 Å². The summed E-state index contributed by atoms with van der Waals surface area (Å²) in [5, 5.41) is 0.930. The number of pyridine rings is 1. The molecule has 1 atom stereocenters. The number of aromatic nitrogens is 1. The first-order valence-electron chi connectivity index (χ1n) is 6.21. The molecule has 0 saturated carbocycles. The molecule has 0 amide bonds. The molecule has 102 valence electrons. The molecule has 0 aliphatic carbocycles. The summed E-state index contributed by atoms with van der Waals surface area (Å²) in [6.45, 7) is 3.96. The van der Waals surface area contributed by atoms with Crippen LogP contribution in [0, 0.1) is 13.8 Å². The molecule has 0 fully saturated rings. The number of aryl methyl sites for hydroxylation is 2. The third kappa shape index (κ3) is 2.13. The van der Waals surface area contributed by atoms with Crippen molar-refractivity contribution in [2.45, 2.75) is 23.0 Å². The Labute approximate surface area is 123 Å². The topological polar surface area (TPSA) is 56.0 Å². The Morgan fingerprint density at radius 3 is 2.60 bits per heavy atom. The van der Waals surface area contributed by atoms with Gasteiger partial charge in [-0.25, -0.2) is 9.19 Å². The average molecular weight is 302 g/mol. The number of nitrogens with zero attached hydrogens (tertiary/aromatic N) is 1. The molecule has 0 unspecified atom stereocenters. The first-order valence-corrected chi connectivity index (χ1v) is 8.17. The van der Waals surface area contributed by atoms with Crippen LogP contribution in [0.25, 0.3) is 10.2 Å². The predicted octanol–water partition coefficient (Wildman–Crippen LogP) is 3.66. The van der Waals surface area contributed by atoms with E-state index in [1.54, 1.807) is 0 Å². The number of hydrogen-bond donors (Lipinski definition) is 1. The highest BCUT2D eigenvalue weighted by atomic mass is 32.2. The van der Waals surface area contributed by atoms with E-state index in [-0.39, 0.29) is 0 Å². The molecular weight excluding hydrogens is 288 g/mol. The van der Waals surface area contributed by atoms with E-state index in [0.29, 0.717) is 9.90 Å². The highest BCUT2D eigenvalue weighted by Crippen LogP contribution is 2.38. The van der Waals surface area contributed by atoms with E-state index in [4.69, 9.17) is 5.73 Å². The Bertz CT molecular complexity index is 810. The van der Waals surface area contributed by atoms with Crippen molar-refractivity contribution in [1.29, 1.82) is 0 Å². The molecule has 0 aliphatic rings. The van der Waals surface area contributed by atoms with Crippen LogP contribution in [0.1, 0.15) is 11.3 Å². The molecule has 0 saturated heterocycles. The van der Waals surface area contributed by atoms with E-state index in [1.807, 2.05) is 50.2 Å². The van der Waals surface area contributed by atoms with Crippen LogP contribution in [0.2, 0.25) is 0 Å². The molecular formula is C15H14N2OS2. The summed E-state index contributed by atoms with van der Waals surface area (Å²) < 4.78 is 13.3. The lowest BCUT2D eigenvalue weighted by atomic mass is 10.2. The van der Waals surface area contributed by atoms with Gasteiger partial charge in [-0.3, -0.25) is 0 Å². The van der Waals surface area contributed by atoms with Gasteiger partial charge in [0.1, 0.15) is 9.04 Å². The minimum atomic E-state index is -1.25. The van der Waals surface area contributed by atoms with Crippen LogP contribution in [0.3, 0.4) is 0 Å². The standard InChI is InChI=1S/C15H14N2OS2/c1-9-8-10(2)17-14-12(9)13(16)15(19-14)20(18)11-6-4-3-5-7-11/h3-8H,16H2,1-2H3/t20-/m0/s1. The molecule has 3 nitrogen and oxygen atoms in total. The monoisotopic (exact) mass is 302 g/mol. The van der Waals surface area contributed by atoms with Gasteiger partial charge in [-0.05, 0) is 37.6 Å². The Hall–Kier alpha value is -1.72. The smallest absolute Gasteiger partial charge is 0.127 e. The molecule has 0 spiro atoms.